The summed E-state index contributed by atoms with van der Waals surface area (Å²) in [6.07, 6.45) is 3.97. The van der Waals surface area contributed by atoms with E-state index in [9.17, 15) is 4.79 Å². The maximum absolute atomic E-state index is 12.2. The van der Waals surface area contributed by atoms with Crippen molar-refractivity contribution in [2.75, 3.05) is 38.0 Å². The average molecular weight is 273 g/mol. The van der Waals surface area contributed by atoms with Crippen molar-refractivity contribution in [1.82, 2.24) is 9.80 Å². The molecule has 0 aliphatic carbocycles. The maximum Gasteiger partial charge on any atom is 0.242 e. The summed E-state index contributed by atoms with van der Waals surface area (Å²) in [7, 11) is 0. The molecule has 4 nitrogen and oxygen atoms in total. The van der Waals surface area contributed by atoms with Gasteiger partial charge in [0.1, 0.15) is 0 Å². The third-order valence-electron chi connectivity index (χ3n) is 4.30. The molecule has 1 fully saturated rings. The molecule has 0 radical (unpaired) electrons. The van der Waals surface area contributed by atoms with E-state index in [-0.39, 0.29) is 5.91 Å². The Hall–Kier alpha value is -1.55. The first-order valence-electron chi connectivity index (χ1n) is 7.65. The third kappa shape index (κ3) is 3.12. The lowest BCUT2D eigenvalue weighted by atomic mass is 10.1. The molecule has 1 aromatic carbocycles. The minimum atomic E-state index is 0.207. The fourth-order valence-corrected chi connectivity index (χ4v) is 3.06. The highest BCUT2D eigenvalue weighted by Gasteiger charge is 2.20. The molecule has 20 heavy (non-hydrogen) atoms. The van der Waals surface area contributed by atoms with Gasteiger partial charge in [0.2, 0.25) is 5.91 Å². The number of nitrogens with one attached hydrogen (secondary N) is 1. The normalized spacial score (nSPS) is 20.2. The number of hydrogen-bond donors (Lipinski definition) is 1. The van der Waals surface area contributed by atoms with E-state index in [0.717, 1.165) is 25.3 Å². The van der Waals surface area contributed by atoms with Crippen molar-refractivity contribution in [2.45, 2.75) is 25.8 Å². The molecule has 108 valence electrons. The zero-order chi connectivity index (χ0) is 13.8. The van der Waals surface area contributed by atoms with Gasteiger partial charge in [-0.25, -0.2) is 0 Å². The van der Waals surface area contributed by atoms with Gasteiger partial charge in [0.25, 0.3) is 0 Å². The van der Waals surface area contributed by atoms with Gasteiger partial charge in [-0.2, -0.15) is 0 Å². The van der Waals surface area contributed by atoms with Crippen LogP contribution in [0.5, 0.6) is 0 Å². The molecule has 0 atom stereocenters. The van der Waals surface area contributed by atoms with Gasteiger partial charge >= 0.3 is 0 Å². The van der Waals surface area contributed by atoms with Crippen LogP contribution in [0, 0.1) is 0 Å². The second kappa shape index (κ2) is 6.27. The first kappa shape index (κ1) is 13.4. The number of para-hydroxylation sites is 1. The van der Waals surface area contributed by atoms with Crippen molar-refractivity contribution in [3.8, 4) is 0 Å². The van der Waals surface area contributed by atoms with E-state index >= 15 is 0 Å². The van der Waals surface area contributed by atoms with Crippen molar-refractivity contribution in [1.29, 1.82) is 0 Å². The summed E-state index contributed by atoms with van der Waals surface area (Å²) in [6.45, 7) is 5.38. The second-order valence-electron chi connectivity index (χ2n) is 5.73. The summed E-state index contributed by atoms with van der Waals surface area (Å²) < 4.78 is 0. The summed E-state index contributed by atoms with van der Waals surface area (Å²) >= 11 is 0. The molecule has 0 spiro atoms. The van der Waals surface area contributed by atoms with Gasteiger partial charge in [-0.1, -0.05) is 24.6 Å². The summed E-state index contributed by atoms with van der Waals surface area (Å²) in [5.41, 5.74) is 2.32. The lowest BCUT2D eigenvalue weighted by Gasteiger charge is -2.29. The van der Waals surface area contributed by atoms with E-state index in [2.05, 4.69) is 22.3 Å². The molecule has 2 aliphatic rings. The fourth-order valence-electron chi connectivity index (χ4n) is 3.06. The molecule has 4 heteroatoms. The molecule has 2 aliphatic heterocycles. The van der Waals surface area contributed by atoms with Crippen LogP contribution in [0.2, 0.25) is 0 Å². The highest BCUT2D eigenvalue weighted by atomic mass is 16.2. The molecule has 0 bridgehead atoms. The largest absolute Gasteiger partial charge is 0.376 e. The molecule has 0 aromatic heterocycles. The molecule has 0 saturated carbocycles. The van der Waals surface area contributed by atoms with Crippen molar-refractivity contribution in [3.63, 3.8) is 0 Å². The molecule has 1 saturated heterocycles. The van der Waals surface area contributed by atoms with Crippen LogP contribution in [0.3, 0.4) is 0 Å². The molecule has 1 N–H and O–H groups in total. The van der Waals surface area contributed by atoms with E-state index in [0.29, 0.717) is 6.54 Å². The molecule has 3 rings (SSSR count). The Bertz CT molecular complexity index is 469. The third-order valence-corrected chi connectivity index (χ3v) is 4.30. The minimum absolute atomic E-state index is 0.207. The Morgan fingerprint density at radius 3 is 2.70 bits per heavy atom. The number of carbonyl (C=O) groups excluding carboxylic acids is 1. The van der Waals surface area contributed by atoms with Crippen molar-refractivity contribution >= 4 is 11.6 Å². The van der Waals surface area contributed by atoms with Crippen molar-refractivity contribution in [3.05, 3.63) is 29.8 Å². The van der Waals surface area contributed by atoms with Gasteiger partial charge in [-0.15, -0.1) is 0 Å². The van der Waals surface area contributed by atoms with Crippen LogP contribution in [0.15, 0.2) is 24.3 Å². The lowest BCUT2D eigenvalue weighted by molar-refractivity contribution is -0.130. The predicted octanol–water partition coefficient (Wildman–Crippen LogP) is 1.93. The van der Waals surface area contributed by atoms with E-state index < -0.39 is 0 Å². The summed E-state index contributed by atoms with van der Waals surface area (Å²) in [5, 5.41) is 3.24. The highest BCUT2D eigenvalue weighted by Crippen LogP contribution is 2.20. The van der Waals surface area contributed by atoms with Crippen molar-refractivity contribution < 1.29 is 4.79 Å². The van der Waals surface area contributed by atoms with E-state index in [1.54, 1.807) is 0 Å². The maximum atomic E-state index is 12.2. The Balaban J connectivity index is 1.61. The summed E-state index contributed by atoms with van der Waals surface area (Å²) in [6, 6.07) is 8.21. The van der Waals surface area contributed by atoms with Crippen LogP contribution in [-0.4, -0.2) is 48.4 Å². The summed E-state index contributed by atoms with van der Waals surface area (Å²) in [4.78, 5) is 16.7. The number of benzene rings is 1. The van der Waals surface area contributed by atoms with Crippen LogP contribution in [0.25, 0.3) is 0 Å². The number of rotatable bonds is 3. The van der Waals surface area contributed by atoms with Crippen LogP contribution in [-0.2, 0) is 11.3 Å². The highest BCUT2D eigenvalue weighted by molar-refractivity contribution is 5.82. The second-order valence-corrected chi connectivity index (χ2v) is 5.73. The van der Waals surface area contributed by atoms with E-state index in [4.69, 9.17) is 0 Å². The monoisotopic (exact) mass is 273 g/mol. The Kier molecular flexibility index (Phi) is 4.21. The van der Waals surface area contributed by atoms with E-state index in [1.807, 2.05) is 17.0 Å². The molecule has 1 amide bonds. The first-order chi connectivity index (χ1) is 9.83. The number of likely N-dealkylation sites (tertiary alicyclic amines) is 1. The number of carbonyl (C=O) groups is 1. The predicted molar refractivity (Wildman–Crippen MR) is 80.6 cm³/mol. The number of piperidine rings is 1. The number of nitrogens with zero attached hydrogens (tertiary/aromatic N) is 2. The standard InChI is InChI=1S/C16H23N3O/c20-16-12-17-15-7-3-2-6-14(15)13-19(16)11-10-18-8-4-1-5-9-18/h2-3,6-7,17H,1,4-5,8-13H2. The number of hydrogen-bond acceptors (Lipinski definition) is 3. The Morgan fingerprint density at radius 2 is 1.85 bits per heavy atom. The molecule has 0 unspecified atom stereocenters. The average Bonchev–Trinajstić information content (AvgIpc) is 2.66. The van der Waals surface area contributed by atoms with Crippen LogP contribution < -0.4 is 5.32 Å². The fraction of sp³-hybridized carbons (Fsp3) is 0.562. The first-order valence-corrected chi connectivity index (χ1v) is 7.65. The van der Waals surface area contributed by atoms with E-state index in [1.165, 1.54) is 37.9 Å². The minimum Gasteiger partial charge on any atom is -0.376 e. The SMILES string of the molecule is O=C1CNc2ccccc2CN1CCN1CCCCC1. The molecule has 1 aromatic rings. The van der Waals surface area contributed by atoms with Crippen LogP contribution in [0.1, 0.15) is 24.8 Å². The van der Waals surface area contributed by atoms with Gasteiger partial charge in [0.15, 0.2) is 0 Å². The zero-order valence-electron chi connectivity index (χ0n) is 12.0. The van der Waals surface area contributed by atoms with Gasteiger partial charge in [0.05, 0.1) is 6.54 Å². The topological polar surface area (TPSA) is 35.6 Å². The van der Waals surface area contributed by atoms with Crippen molar-refractivity contribution in [2.24, 2.45) is 0 Å². The van der Waals surface area contributed by atoms with Crippen LogP contribution in [0.4, 0.5) is 5.69 Å². The van der Waals surface area contributed by atoms with Gasteiger partial charge in [0, 0.05) is 25.3 Å². The molecular weight excluding hydrogens is 250 g/mol. The Morgan fingerprint density at radius 1 is 1.05 bits per heavy atom. The smallest absolute Gasteiger partial charge is 0.242 e. The number of amides is 1. The Labute approximate surface area is 120 Å². The van der Waals surface area contributed by atoms with Gasteiger partial charge < -0.3 is 15.1 Å². The summed E-state index contributed by atoms with van der Waals surface area (Å²) in [5.74, 6) is 0.207. The van der Waals surface area contributed by atoms with Gasteiger partial charge in [-0.3, -0.25) is 4.79 Å². The molecule has 2 heterocycles. The van der Waals surface area contributed by atoms with Crippen LogP contribution >= 0.6 is 0 Å². The molecular formula is C16H23N3O. The van der Waals surface area contributed by atoms with Gasteiger partial charge in [-0.05, 0) is 37.6 Å². The zero-order valence-corrected chi connectivity index (χ0v) is 12.0. The number of anilines is 1. The quantitative estimate of drug-likeness (QED) is 0.914. The lowest BCUT2D eigenvalue weighted by Crippen LogP contribution is -2.41. The number of fused-ring (bicyclic) bond motifs is 1.